The molecular formula is C23H30ClN6O8P. The summed E-state index contributed by atoms with van der Waals surface area (Å²) >= 11 is 5.93. The Morgan fingerprint density at radius 2 is 2.00 bits per heavy atom. The molecule has 212 valence electrons. The summed E-state index contributed by atoms with van der Waals surface area (Å²) in [7, 11) is -4.28. The summed E-state index contributed by atoms with van der Waals surface area (Å²) in [6, 6.07) is 4.90. The Hall–Kier alpha value is -2.84. The summed E-state index contributed by atoms with van der Waals surface area (Å²) in [6.45, 7) is 5.67. The van der Waals surface area contributed by atoms with E-state index >= 15 is 0 Å². The highest BCUT2D eigenvalue weighted by molar-refractivity contribution is 7.52. The second-order valence-electron chi connectivity index (χ2n) is 9.46. The van der Waals surface area contributed by atoms with E-state index in [1.54, 1.807) is 13.8 Å². The van der Waals surface area contributed by atoms with E-state index in [1.165, 1.54) is 55.2 Å². The maximum atomic E-state index is 13.8. The number of carbonyl (C=O) groups is 1. The van der Waals surface area contributed by atoms with Crippen LogP contribution in [0.25, 0.3) is 5.65 Å². The minimum absolute atomic E-state index is 0.116. The monoisotopic (exact) mass is 584 g/mol. The first-order valence-electron chi connectivity index (χ1n) is 12.0. The Kier molecular flexibility index (Phi) is 8.47. The fourth-order valence-electron chi connectivity index (χ4n) is 3.97. The number of rotatable bonds is 10. The predicted octanol–water partition coefficient (Wildman–Crippen LogP) is 2.05. The van der Waals surface area contributed by atoms with E-state index < -0.39 is 56.4 Å². The van der Waals surface area contributed by atoms with E-state index in [4.69, 9.17) is 35.9 Å². The fraction of sp³-hybridized carbons (Fsp3) is 0.478. The summed E-state index contributed by atoms with van der Waals surface area (Å²) in [4.78, 5) is 20.4. The number of nitrogen functional groups attached to an aromatic ring is 1. The van der Waals surface area contributed by atoms with Crippen molar-refractivity contribution in [2.45, 2.75) is 63.8 Å². The second kappa shape index (κ2) is 11.3. The van der Waals surface area contributed by atoms with Crippen LogP contribution in [-0.4, -0.2) is 72.3 Å². The van der Waals surface area contributed by atoms with Crippen molar-refractivity contribution >= 4 is 36.8 Å². The topological polar surface area (TPSA) is 193 Å². The zero-order valence-corrected chi connectivity index (χ0v) is 23.2. The molecule has 0 saturated carbocycles. The molecule has 39 heavy (non-hydrogen) atoms. The van der Waals surface area contributed by atoms with Crippen molar-refractivity contribution in [3.8, 4) is 5.75 Å². The van der Waals surface area contributed by atoms with E-state index in [0.29, 0.717) is 10.7 Å². The molecule has 1 aliphatic heterocycles. The van der Waals surface area contributed by atoms with E-state index in [-0.39, 0.29) is 17.2 Å². The number of nitrogens with two attached hydrogens (primary N) is 1. The van der Waals surface area contributed by atoms with Gasteiger partial charge in [-0.3, -0.25) is 9.32 Å². The number of esters is 1. The van der Waals surface area contributed by atoms with E-state index in [1.807, 2.05) is 0 Å². The van der Waals surface area contributed by atoms with Gasteiger partial charge < -0.3 is 29.9 Å². The van der Waals surface area contributed by atoms with Crippen molar-refractivity contribution in [3.63, 3.8) is 0 Å². The van der Waals surface area contributed by atoms with Crippen molar-refractivity contribution < 1.29 is 38.1 Å². The molecule has 1 aromatic carbocycles. The van der Waals surface area contributed by atoms with Crippen molar-refractivity contribution in [2.75, 3.05) is 12.3 Å². The Balaban J connectivity index is 1.54. The number of anilines is 1. The molecule has 0 amide bonds. The molecule has 3 aromatic rings. The second-order valence-corrected chi connectivity index (χ2v) is 11.6. The molecule has 2 aromatic heterocycles. The standard InChI is InChI=1S/C23H30ClN6O8P/c1-12(2)36-22(32)13(3)29-39(34,38-15-7-5-14(24)6-8-15)35-10-17-18(31)23(4,33)19(37-17)16-9-26-21-20(25)27-11-28-30(16)21/h5-9,11-13,17-19,31,33H,10H2,1-4H3,(H,29,34)(H2,25,27,28)/t13-,17+,18+,19-,23+,39?/m0/s1. The van der Waals surface area contributed by atoms with Crippen molar-refractivity contribution in [1.82, 2.24) is 24.7 Å². The molecule has 6 atom stereocenters. The maximum absolute atomic E-state index is 13.8. The van der Waals surface area contributed by atoms with Gasteiger partial charge in [-0.25, -0.2) is 19.0 Å². The van der Waals surface area contributed by atoms with Gasteiger partial charge >= 0.3 is 13.7 Å². The lowest BCUT2D eigenvalue weighted by molar-refractivity contribution is -0.149. The highest BCUT2D eigenvalue weighted by Crippen LogP contribution is 2.48. The number of imidazole rings is 1. The number of carbonyl (C=O) groups excluding carboxylic acids is 1. The molecule has 0 spiro atoms. The third-order valence-electron chi connectivity index (χ3n) is 5.92. The lowest BCUT2D eigenvalue weighted by Crippen LogP contribution is -2.43. The number of aliphatic hydroxyl groups is 2. The number of benzene rings is 1. The van der Waals surface area contributed by atoms with E-state index in [9.17, 15) is 19.6 Å². The molecule has 16 heteroatoms. The minimum Gasteiger partial charge on any atom is -0.462 e. The molecule has 0 radical (unpaired) electrons. The Morgan fingerprint density at radius 1 is 1.31 bits per heavy atom. The van der Waals surface area contributed by atoms with Crippen molar-refractivity contribution in [3.05, 3.63) is 47.5 Å². The molecule has 1 fully saturated rings. The molecule has 1 saturated heterocycles. The number of ether oxygens (including phenoxy) is 2. The SMILES string of the molecule is CC(C)OC(=O)[C@H](C)NP(=O)(OC[C@H]1O[C@@H](c2cnc3c(N)ncnn23)[C@](C)(O)[C@@H]1O)Oc1ccc(Cl)cc1. The number of nitrogens with one attached hydrogen (secondary N) is 1. The Labute approximate surface area is 229 Å². The fourth-order valence-corrected chi connectivity index (χ4v) is 5.60. The first-order chi connectivity index (χ1) is 18.3. The van der Waals surface area contributed by atoms with Crippen LogP contribution in [0.2, 0.25) is 5.02 Å². The first kappa shape index (κ1) is 29.2. The van der Waals surface area contributed by atoms with Crippen LogP contribution in [0.1, 0.15) is 39.5 Å². The average Bonchev–Trinajstić information content (AvgIpc) is 3.38. The zero-order chi connectivity index (χ0) is 28.5. The third kappa shape index (κ3) is 6.33. The summed E-state index contributed by atoms with van der Waals surface area (Å²) in [5, 5.41) is 29.1. The number of nitrogens with zero attached hydrogens (tertiary/aromatic N) is 4. The largest absolute Gasteiger partial charge is 0.462 e. The van der Waals surface area contributed by atoms with Crippen LogP contribution in [0.15, 0.2) is 36.8 Å². The van der Waals surface area contributed by atoms with Crippen LogP contribution >= 0.6 is 19.3 Å². The van der Waals surface area contributed by atoms with Gasteiger partial charge in [0, 0.05) is 5.02 Å². The van der Waals surface area contributed by atoms with Gasteiger partial charge in [0.15, 0.2) is 11.5 Å². The van der Waals surface area contributed by atoms with E-state index in [2.05, 4.69) is 20.2 Å². The highest BCUT2D eigenvalue weighted by Gasteiger charge is 2.54. The number of hydrogen-bond acceptors (Lipinski definition) is 12. The summed E-state index contributed by atoms with van der Waals surface area (Å²) in [6.07, 6.45) is -1.56. The molecule has 5 N–H and O–H groups in total. The molecular weight excluding hydrogens is 555 g/mol. The van der Waals surface area contributed by atoms with Gasteiger partial charge in [-0.05, 0) is 52.0 Å². The molecule has 1 aliphatic rings. The van der Waals surface area contributed by atoms with Gasteiger partial charge in [-0.15, -0.1) is 0 Å². The van der Waals surface area contributed by atoms with Gasteiger partial charge in [0.2, 0.25) is 0 Å². The number of hydrogen-bond donors (Lipinski definition) is 4. The van der Waals surface area contributed by atoms with Gasteiger partial charge in [0.25, 0.3) is 0 Å². The van der Waals surface area contributed by atoms with Gasteiger partial charge in [-0.2, -0.15) is 10.2 Å². The lowest BCUT2D eigenvalue weighted by Gasteiger charge is -2.26. The van der Waals surface area contributed by atoms with Crippen LogP contribution in [0.5, 0.6) is 5.75 Å². The molecule has 4 rings (SSSR count). The zero-order valence-electron chi connectivity index (χ0n) is 21.6. The molecule has 0 bridgehead atoms. The third-order valence-corrected chi connectivity index (χ3v) is 7.82. The number of aliphatic hydroxyl groups excluding tert-OH is 1. The quantitative estimate of drug-likeness (QED) is 0.200. The smallest absolute Gasteiger partial charge is 0.459 e. The van der Waals surface area contributed by atoms with Crippen molar-refractivity contribution in [1.29, 1.82) is 0 Å². The summed E-state index contributed by atoms with van der Waals surface area (Å²) in [5.74, 6) is -0.422. The van der Waals surface area contributed by atoms with Crippen LogP contribution in [0, 0.1) is 0 Å². The Bertz CT molecular complexity index is 1370. The van der Waals surface area contributed by atoms with Gasteiger partial charge in [-0.1, -0.05) is 11.6 Å². The summed E-state index contributed by atoms with van der Waals surface area (Å²) < 4.78 is 37.5. The van der Waals surface area contributed by atoms with Crippen LogP contribution in [0.4, 0.5) is 5.82 Å². The van der Waals surface area contributed by atoms with Gasteiger partial charge in [0.1, 0.15) is 42.0 Å². The number of halogens is 1. The van der Waals surface area contributed by atoms with Crippen LogP contribution in [-0.2, 0) is 23.4 Å². The first-order valence-corrected chi connectivity index (χ1v) is 13.9. The average molecular weight is 585 g/mol. The molecule has 0 aliphatic carbocycles. The van der Waals surface area contributed by atoms with E-state index in [0.717, 1.165) is 0 Å². The molecule has 1 unspecified atom stereocenters. The Morgan fingerprint density at radius 3 is 2.67 bits per heavy atom. The normalized spacial score (nSPS) is 25.5. The number of fused-ring (bicyclic) bond motifs is 1. The van der Waals surface area contributed by atoms with Gasteiger partial charge in [0.05, 0.1) is 24.6 Å². The predicted molar refractivity (Wildman–Crippen MR) is 139 cm³/mol. The van der Waals surface area contributed by atoms with Crippen LogP contribution < -0.4 is 15.3 Å². The molecule has 14 nitrogen and oxygen atoms in total. The minimum atomic E-state index is -4.28. The lowest BCUT2D eigenvalue weighted by atomic mass is 9.91. The highest BCUT2D eigenvalue weighted by atomic mass is 35.5. The number of aromatic nitrogens is 4. The van der Waals surface area contributed by atoms with Crippen LogP contribution in [0.3, 0.4) is 0 Å². The molecule has 3 heterocycles. The summed E-state index contributed by atoms with van der Waals surface area (Å²) in [5.41, 5.74) is 4.56. The van der Waals surface area contributed by atoms with Crippen molar-refractivity contribution in [2.24, 2.45) is 0 Å². The maximum Gasteiger partial charge on any atom is 0.459 e.